The molecule has 10 nitrogen and oxygen atoms in total. The van der Waals surface area contributed by atoms with Crippen LogP contribution in [0.25, 0.3) is 10.8 Å². The number of imide groups is 1. The first-order chi connectivity index (χ1) is 18.9. The second-order valence-corrected chi connectivity index (χ2v) is 12.3. The monoisotopic (exact) mass is 564 g/mol. The fourth-order valence-corrected chi connectivity index (χ4v) is 6.97. The first-order valence-electron chi connectivity index (χ1n) is 13.0. The Balaban J connectivity index is 1.26. The van der Waals surface area contributed by atoms with Crippen LogP contribution in [0.1, 0.15) is 23.6 Å². The van der Waals surface area contributed by atoms with E-state index in [4.69, 9.17) is 4.74 Å². The van der Waals surface area contributed by atoms with E-state index in [2.05, 4.69) is 5.32 Å². The molecule has 2 heterocycles. The van der Waals surface area contributed by atoms with Crippen molar-refractivity contribution in [3.8, 4) is 5.75 Å². The number of amides is 4. The minimum Gasteiger partial charge on any atom is -0.497 e. The summed E-state index contributed by atoms with van der Waals surface area (Å²) in [6, 6.07) is 15.7. The van der Waals surface area contributed by atoms with E-state index in [0.29, 0.717) is 16.9 Å². The number of sulfonamides is 1. The van der Waals surface area contributed by atoms with E-state index in [1.807, 2.05) is 43.3 Å². The summed E-state index contributed by atoms with van der Waals surface area (Å²) in [7, 11) is -2.12. The third-order valence-corrected chi connectivity index (χ3v) is 9.79. The first kappa shape index (κ1) is 27.6. The lowest BCUT2D eigenvalue weighted by molar-refractivity contribution is -0.139. The van der Waals surface area contributed by atoms with Gasteiger partial charge >= 0.3 is 6.03 Å². The van der Waals surface area contributed by atoms with Gasteiger partial charge in [-0.05, 0) is 72.5 Å². The summed E-state index contributed by atoms with van der Waals surface area (Å²) in [5, 5.41) is 4.56. The molecule has 0 aromatic heterocycles. The van der Waals surface area contributed by atoms with E-state index < -0.39 is 40.0 Å². The molecule has 40 heavy (non-hydrogen) atoms. The molecule has 0 saturated carbocycles. The maximum Gasteiger partial charge on any atom is 0.325 e. The van der Waals surface area contributed by atoms with Crippen LogP contribution >= 0.6 is 0 Å². The highest BCUT2D eigenvalue weighted by Gasteiger charge is 2.50. The van der Waals surface area contributed by atoms with E-state index in [0.717, 1.165) is 21.2 Å². The van der Waals surface area contributed by atoms with Gasteiger partial charge in [-0.2, -0.15) is 4.31 Å². The van der Waals surface area contributed by atoms with Crippen LogP contribution in [-0.4, -0.2) is 80.2 Å². The third kappa shape index (κ3) is 4.79. The van der Waals surface area contributed by atoms with E-state index in [1.54, 1.807) is 39.2 Å². The van der Waals surface area contributed by atoms with Crippen molar-refractivity contribution >= 4 is 38.6 Å². The number of aryl methyl sites for hydroxylation is 2. The van der Waals surface area contributed by atoms with Crippen LogP contribution in [-0.2, 0) is 25.2 Å². The smallest absolute Gasteiger partial charge is 0.325 e. The number of nitrogens with one attached hydrogen (secondary N) is 1. The van der Waals surface area contributed by atoms with Crippen LogP contribution in [0, 0.1) is 13.8 Å². The van der Waals surface area contributed by atoms with E-state index >= 15 is 0 Å². The van der Waals surface area contributed by atoms with Crippen molar-refractivity contribution in [2.45, 2.75) is 31.2 Å². The number of fused-ring (bicyclic) bond motifs is 1. The fourth-order valence-electron chi connectivity index (χ4n) is 5.24. The third-order valence-electron chi connectivity index (χ3n) is 7.75. The summed E-state index contributed by atoms with van der Waals surface area (Å²) >= 11 is 0. The molecule has 2 aliphatic rings. The number of nitrogens with zero attached hydrogens (tertiary/aromatic N) is 3. The Morgan fingerprint density at radius 1 is 0.950 bits per heavy atom. The van der Waals surface area contributed by atoms with Crippen molar-refractivity contribution < 1.29 is 27.5 Å². The Hall–Kier alpha value is -3.96. The Morgan fingerprint density at radius 3 is 2.33 bits per heavy atom. The van der Waals surface area contributed by atoms with Crippen LogP contribution in [0.2, 0.25) is 0 Å². The number of rotatable bonds is 6. The molecule has 3 aromatic carbocycles. The maximum atomic E-state index is 13.5. The Labute approximate surface area is 233 Å². The molecule has 0 radical (unpaired) electrons. The molecule has 1 atom stereocenters. The van der Waals surface area contributed by atoms with Gasteiger partial charge in [0.1, 0.15) is 17.8 Å². The molecule has 5 rings (SSSR count). The van der Waals surface area contributed by atoms with Gasteiger partial charge in [-0.25, -0.2) is 13.2 Å². The lowest BCUT2D eigenvalue weighted by atomic mass is 9.90. The van der Waals surface area contributed by atoms with Crippen molar-refractivity contribution in [1.29, 1.82) is 0 Å². The van der Waals surface area contributed by atoms with Crippen molar-refractivity contribution in [2.75, 3.05) is 39.8 Å². The van der Waals surface area contributed by atoms with Crippen LogP contribution in [0.3, 0.4) is 0 Å². The molecule has 2 fully saturated rings. The average molecular weight is 565 g/mol. The maximum absolute atomic E-state index is 13.5. The van der Waals surface area contributed by atoms with Crippen molar-refractivity contribution in [3.63, 3.8) is 0 Å². The highest BCUT2D eigenvalue weighted by molar-refractivity contribution is 7.89. The molecular weight excluding hydrogens is 532 g/mol. The average Bonchev–Trinajstić information content (AvgIpc) is 3.17. The minimum absolute atomic E-state index is 0.126. The number of ether oxygens (including phenoxy) is 1. The number of urea groups is 1. The molecule has 1 N–H and O–H groups in total. The standard InChI is InChI=1S/C29H32N4O6S/c1-19-5-6-20(2)25(15-19)40(37,38)32-13-11-31(12-14-32)26(34)18-33-27(35)29(3,30-28(33)36)23-9-7-22-17-24(39-4)10-8-21(22)16-23/h5-10,15-17H,11-14,18H2,1-4H3,(H,30,36). The summed E-state index contributed by atoms with van der Waals surface area (Å²) < 4.78 is 33.1. The second-order valence-electron chi connectivity index (χ2n) is 10.4. The number of benzene rings is 3. The topological polar surface area (TPSA) is 116 Å². The zero-order valence-electron chi connectivity index (χ0n) is 22.9. The number of hydrogen-bond donors (Lipinski definition) is 1. The second kappa shape index (κ2) is 10.2. The van der Waals surface area contributed by atoms with Crippen LogP contribution in [0.5, 0.6) is 5.75 Å². The first-order valence-corrected chi connectivity index (χ1v) is 14.5. The van der Waals surface area contributed by atoms with E-state index in [1.165, 1.54) is 9.21 Å². The highest BCUT2D eigenvalue weighted by Crippen LogP contribution is 2.32. The largest absolute Gasteiger partial charge is 0.497 e. The molecule has 1 unspecified atom stereocenters. The van der Waals surface area contributed by atoms with E-state index in [-0.39, 0.29) is 31.1 Å². The quantitative estimate of drug-likeness (QED) is 0.461. The molecule has 0 aliphatic carbocycles. The number of piperazine rings is 1. The van der Waals surface area contributed by atoms with Crippen LogP contribution < -0.4 is 10.1 Å². The van der Waals surface area contributed by atoms with Crippen LogP contribution in [0.4, 0.5) is 4.79 Å². The van der Waals surface area contributed by atoms with Gasteiger partial charge in [0.05, 0.1) is 12.0 Å². The number of methoxy groups -OCH3 is 1. The molecular formula is C29H32N4O6S. The molecule has 210 valence electrons. The molecule has 0 spiro atoms. The molecule has 11 heteroatoms. The Kier molecular flexibility index (Phi) is 7.05. The zero-order valence-corrected chi connectivity index (χ0v) is 23.7. The summed E-state index contributed by atoms with van der Waals surface area (Å²) in [4.78, 5) is 42.1. The van der Waals surface area contributed by atoms with Crippen molar-refractivity contribution in [3.05, 3.63) is 71.3 Å². The number of carbonyl (C=O) groups is 3. The highest BCUT2D eigenvalue weighted by atomic mass is 32.2. The summed E-state index contributed by atoms with van der Waals surface area (Å²) in [6.45, 7) is 5.38. The van der Waals surface area contributed by atoms with Gasteiger partial charge in [0, 0.05) is 26.2 Å². The SMILES string of the molecule is COc1ccc2cc(C3(C)NC(=O)N(CC(=O)N4CCN(S(=O)(=O)c5cc(C)ccc5C)CC4)C3=O)ccc2c1. The molecule has 2 saturated heterocycles. The zero-order chi connectivity index (χ0) is 28.8. The van der Waals surface area contributed by atoms with Gasteiger partial charge in [0.25, 0.3) is 5.91 Å². The minimum atomic E-state index is -3.71. The Bertz CT molecular complexity index is 1630. The summed E-state index contributed by atoms with van der Waals surface area (Å²) in [6.07, 6.45) is 0. The van der Waals surface area contributed by atoms with Gasteiger partial charge in [-0.1, -0.05) is 30.3 Å². The molecule has 0 bridgehead atoms. The van der Waals surface area contributed by atoms with Gasteiger partial charge in [-0.3, -0.25) is 14.5 Å². The molecule has 2 aliphatic heterocycles. The lowest BCUT2D eigenvalue weighted by Crippen LogP contribution is -2.53. The van der Waals surface area contributed by atoms with E-state index in [9.17, 15) is 22.8 Å². The lowest BCUT2D eigenvalue weighted by Gasteiger charge is -2.34. The van der Waals surface area contributed by atoms with Gasteiger partial charge in [0.2, 0.25) is 15.9 Å². The molecule has 3 aromatic rings. The predicted octanol–water partition coefficient (Wildman–Crippen LogP) is 2.77. The normalized spacial score (nSPS) is 20.2. The van der Waals surface area contributed by atoms with Crippen molar-refractivity contribution in [2.24, 2.45) is 0 Å². The van der Waals surface area contributed by atoms with Gasteiger partial charge in [-0.15, -0.1) is 0 Å². The fraction of sp³-hybridized carbons (Fsp3) is 0.345. The number of carbonyl (C=O) groups excluding carboxylic acids is 3. The summed E-state index contributed by atoms with van der Waals surface area (Å²) in [5.74, 6) is -0.220. The van der Waals surface area contributed by atoms with Crippen molar-refractivity contribution in [1.82, 2.24) is 19.4 Å². The predicted molar refractivity (Wildman–Crippen MR) is 149 cm³/mol. The van der Waals surface area contributed by atoms with Crippen LogP contribution in [0.15, 0.2) is 59.5 Å². The Morgan fingerprint density at radius 2 is 1.62 bits per heavy atom. The van der Waals surface area contributed by atoms with Gasteiger partial charge in [0.15, 0.2) is 0 Å². The molecule has 4 amide bonds. The summed E-state index contributed by atoms with van der Waals surface area (Å²) in [5.41, 5.74) is 0.785. The number of hydrogen-bond acceptors (Lipinski definition) is 6. The van der Waals surface area contributed by atoms with Gasteiger partial charge < -0.3 is 15.0 Å².